The Labute approximate surface area is 102 Å². The predicted molar refractivity (Wildman–Crippen MR) is 64.6 cm³/mol. The Morgan fingerprint density at radius 3 is 2.41 bits per heavy atom. The molecule has 0 radical (unpaired) electrons. The highest BCUT2D eigenvalue weighted by Crippen LogP contribution is 2.07. The number of rotatable bonds is 2. The maximum absolute atomic E-state index is 12.7. The van der Waals surface area contributed by atoms with Crippen molar-refractivity contribution >= 4 is 16.7 Å². The van der Waals surface area contributed by atoms with Gasteiger partial charge in [-0.05, 0) is 17.7 Å². The number of hydrogen-bond acceptors (Lipinski definition) is 2. The van der Waals surface area contributed by atoms with Crippen LogP contribution in [0.15, 0.2) is 24.3 Å². The molecule has 0 atom stereocenters. The largest absolute Gasteiger partial charge is 0.341 e. The minimum atomic E-state index is -0.770. The number of hydrogen-bond donors (Lipinski definition) is 0. The molecule has 0 N–H and O–H groups in total. The monoisotopic (exact) mass is 255 g/mol. The van der Waals surface area contributed by atoms with Crippen molar-refractivity contribution in [2.45, 2.75) is 6.42 Å². The van der Waals surface area contributed by atoms with E-state index in [2.05, 4.69) is 0 Å². The van der Waals surface area contributed by atoms with Gasteiger partial charge < -0.3 is 4.90 Å². The second-order valence-corrected chi connectivity index (χ2v) is 5.73. The first-order valence-corrected chi connectivity index (χ1v) is 7.01. The van der Waals surface area contributed by atoms with Gasteiger partial charge in [-0.3, -0.25) is 9.00 Å². The minimum Gasteiger partial charge on any atom is -0.341 e. The second-order valence-electron chi connectivity index (χ2n) is 4.03. The van der Waals surface area contributed by atoms with Gasteiger partial charge in [-0.2, -0.15) is 0 Å². The lowest BCUT2D eigenvalue weighted by Crippen LogP contribution is -2.42. The SMILES string of the molecule is O=C(Cc1ccc(F)cc1)N1CCS(=O)CC1. The lowest BCUT2D eigenvalue weighted by Gasteiger charge is -2.26. The molecule has 1 saturated heterocycles. The Kier molecular flexibility index (Phi) is 3.89. The summed E-state index contributed by atoms with van der Waals surface area (Å²) in [6, 6.07) is 5.95. The van der Waals surface area contributed by atoms with Crippen LogP contribution in [0, 0.1) is 5.82 Å². The zero-order chi connectivity index (χ0) is 12.3. The van der Waals surface area contributed by atoms with E-state index in [9.17, 15) is 13.4 Å². The normalized spacial score (nSPS) is 17.1. The summed E-state index contributed by atoms with van der Waals surface area (Å²) in [7, 11) is -0.770. The summed E-state index contributed by atoms with van der Waals surface area (Å²) in [4.78, 5) is 13.6. The van der Waals surface area contributed by atoms with Crippen LogP contribution in [0.3, 0.4) is 0 Å². The molecule has 1 aromatic rings. The Balaban J connectivity index is 1.92. The highest BCUT2D eigenvalue weighted by Gasteiger charge is 2.19. The molecule has 3 nitrogen and oxygen atoms in total. The average molecular weight is 255 g/mol. The average Bonchev–Trinajstić information content (AvgIpc) is 2.33. The number of carbonyl (C=O) groups is 1. The van der Waals surface area contributed by atoms with E-state index in [0.29, 0.717) is 24.6 Å². The maximum Gasteiger partial charge on any atom is 0.227 e. The fourth-order valence-electron chi connectivity index (χ4n) is 1.78. The van der Waals surface area contributed by atoms with Crippen molar-refractivity contribution < 1.29 is 13.4 Å². The van der Waals surface area contributed by atoms with Crippen LogP contribution in [0.2, 0.25) is 0 Å². The topological polar surface area (TPSA) is 37.4 Å². The molecule has 0 aromatic heterocycles. The van der Waals surface area contributed by atoms with Crippen molar-refractivity contribution in [3.63, 3.8) is 0 Å². The molecule has 1 aromatic carbocycles. The summed E-state index contributed by atoms with van der Waals surface area (Å²) in [5.41, 5.74) is 0.808. The summed E-state index contributed by atoms with van der Waals surface area (Å²) < 4.78 is 23.9. The summed E-state index contributed by atoms with van der Waals surface area (Å²) in [6.45, 7) is 1.12. The lowest BCUT2D eigenvalue weighted by molar-refractivity contribution is -0.130. The molecule has 1 heterocycles. The Morgan fingerprint density at radius 1 is 1.24 bits per heavy atom. The van der Waals surface area contributed by atoms with Crippen LogP contribution >= 0.6 is 0 Å². The third-order valence-corrected chi connectivity index (χ3v) is 4.07. The van der Waals surface area contributed by atoms with Crippen LogP contribution in [0.5, 0.6) is 0 Å². The summed E-state index contributed by atoms with van der Waals surface area (Å²) in [6.07, 6.45) is 0.285. The van der Waals surface area contributed by atoms with Crippen molar-refractivity contribution in [2.24, 2.45) is 0 Å². The molecular weight excluding hydrogens is 241 g/mol. The van der Waals surface area contributed by atoms with Crippen molar-refractivity contribution in [3.8, 4) is 0 Å². The molecular formula is C12H14FNO2S. The van der Waals surface area contributed by atoms with Crippen LogP contribution in [0.4, 0.5) is 4.39 Å². The molecule has 1 amide bonds. The van der Waals surface area contributed by atoms with E-state index in [-0.39, 0.29) is 18.1 Å². The van der Waals surface area contributed by atoms with E-state index in [1.807, 2.05) is 0 Å². The quantitative estimate of drug-likeness (QED) is 0.789. The molecule has 5 heteroatoms. The molecule has 0 unspecified atom stereocenters. The Hall–Kier alpha value is -1.23. The highest BCUT2D eigenvalue weighted by molar-refractivity contribution is 7.85. The summed E-state index contributed by atoms with van der Waals surface area (Å²) >= 11 is 0. The molecule has 0 saturated carbocycles. The zero-order valence-electron chi connectivity index (χ0n) is 9.39. The van der Waals surface area contributed by atoms with Crippen LogP contribution in [0.1, 0.15) is 5.56 Å². The lowest BCUT2D eigenvalue weighted by atomic mass is 10.1. The predicted octanol–water partition coefficient (Wildman–Crippen LogP) is 0.959. The van der Waals surface area contributed by atoms with Gasteiger partial charge in [-0.1, -0.05) is 12.1 Å². The summed E-state index contributed by atoms with van der Waals surface area (Å²) in [5.74, 6) is 0.854. The molecule has 1 aliphatic heterocycles. The maximum atomic E-state index is 12.7. The van der Waals surface area contributed by atoms with Crippen molar-refractivity contribution in [1.29, 1.82) is 0 Å². The number of halogens is 1. The smallest absolute Gasteiger partial charge is 0.227 e. The van der Waals surface area contributed by atoms with Crippen LogP contribution in [-0.4, -0.2) is 39.6 Å². The molecule has 1 aliphatic rings. The molecule has 2 rings (SSSR count). The number of benzene rings is 1. The standard InChI is InChI=1S/C12H14FNO2S/c13-11-3-1-10(2-4-11)9-12(15)14-5-7-17(16)8-6-14/h1-4H,5-9H2. The Bertz CT molecular complexity index is 423. The van der Waals surface area contributed by atoms with Gasteiger partial charge >= 0.3 is 0 Å². The fraction of sp³-hybridized carbons (Fsp3) is 0.417. The van der Waals surface area contributed by atoms with Gasteiger partial charge in [0.1, 0.15) is 5.82 Å². The van der Waals surface area contributed by atoms with Crippen LogP contribution in [0.25, 0.3) is 0 Å². The number of amides is 1. The third-order valence-electron chi connectivity index (χ3n) is 2.80. The van der Waals surface area contributed by atoms with Crippen molar-refractivity contribution in [3.05, 3.63) is 35.6 Å². The van der Waals surface area contributed by atoms with E-state index < -0.39 is 10.8 Å². The van der Waals surface area contributed by atoms with Gasteiger partial charge in [0.15, 0.2) is 0 Å². The molecule has 0 spiro atoms. The molecule has 1 fully saturated rings. The van der Waals surface area contributed by atoms with Gasteiger partial charge in [0.2, 0.25) is 5.91 Å². The van der Waals surface area contributed by atoms with Crippen molar-refractivity contribution in [1.82, 2.24) is 4.90 Å². The fourth-order valence-corrected chi connectivity index (χ4v) is 2.83. The van der Waals surface area contributed by atoms with Crippen molar-refractivity contribution in [2.75, 3.05) is 24.6 Å². The third kappa shape index (κ3) is 3.36. The molecule has 0 aliphatic carbocycles. The minimum absolute atomic E-state index is 0.0216. The molecule has 17 heavy (non-hydrogen) atoms. The zero-order valence-corrected chi connectivity index (χ0v) is 10.2. The molecule has 0 bridgehead atoms. The van der Waals surface area contributed by atoms with Gasteiger partial charge in [0.05, 0.1) is 6.42 Å². The first-order valence-electron chi connectivity index (χ1n) is 5.52. The van der Waals surface area contributed by atoms with E-state index in [0.717, 1.165) is 5.56 Å². The van der Waals surface area contributed by atoms with Gasteiger partial charge in [-0.15, -0.1) is 0 Å². The van der Waals surface area contributed by atoms with Crippen LogP contribution in [-0.2, 0) is 22.0 Å². The van der Waals surface area contributed by atoms with E-state index >= 15 is 0 Å². The van der Waals surface area contributed by atoms with E-state index in [4.69, 9.17) is 0 Å². The highest BCUT2D eigenvalue weighted by atomic mass is 32.2. The van der Waals surface area contributed by atoms with Gasteiger partial charge in [-0.25, -0.2) is 4.39 Å². The Morgan fingerprint density at radius 2 is 1.82 bits per heavy atom. The molecule has 92 valence electrons. The number of nitrogens with zero attached hydrogens (tertiary/aromatic N) is 1. The first-order chi connectivity index (χ1) is 8.15. The first kappa shape index (κ1) is 12.2. The summed E-state index contributed by atoms with van der Waals surface area (Å²) in [5, 5.41) is 0. The van der Waals surface area contributed by atoms with Crippen LogP contribution < -0.4 is 0 Å². The number of carbonyl (C=O) groups excluding carboxylic acids is 1. The second kappa shape index (κ2) is 5.40. The van der Waals surface area contributed by atoms with E-state index in [1.54, 1.807) is 17.0 Å². The van der Waals surface area contributed by atoms with E-state index in [1.165, 1.54) is 12.1 Å². The van der Waals surface area contributed by atoms with Gasteiger partial charge in [0.25, 0.3) is 0 Å². The van der Waals surface area contributed by atoms with Gasteiger partial charge in [0, 0.05) is 35.4 Å².